The highest BCUT2D eigenvalue weighted by molar-refractivity contribution is 7.90. The molecule has 2 unspecified atom stereocenters. The number of hydrogen-bond donors (Lipinski definition) is 1. The number of halogens is 2. The molecule has 0 aliphatic carbocycles. The van der Waals surface area contributed by atoms with Crippen molar-refractivity contribution in [3.05, 3.63) is 29.8 Å². The largest absolute Gasteiger partial charge is 0.444 e. The van der Waals surface area contributed by atoms with Crippen LogP contribution in [0.1, 0.15) is 59.3 Å². The fourth-order valence-electron chi connectivity index (χ4n) is 4.43. The molecule has 1 N–H and O–H groups in total. The first kappa shape index (κ1) is 25.2. The minimum atomic E-state index is -4.63. The van der Waals surface area contributed by atoms with Crippen LogP contribution in [-0.2, 0) is 14.8 Å². The number of likely N-dealkylation sites (tertiary alicyclic amines) is 2. The summed E-state index contributed by atoms with van der Waals surface area (Å²) in [5.41, 5.74) is -0.675. The predicted molar refractivity (Wildman–Crippen MR) is 117 cm³/mol. The Balaban J connectivity index is 1.82. The molecule has 33 heavy (non-hydrogen) atoms. The Morgan fingerprint density at radius 2 is 1.58 bits per heavy atom. The zero-order chi connectivity index (χ0) is 24.4. The highest BCUT2D eigenvalue weighted by Gasteiger charge is 2.41. The second kappa shape index (κ2) is 9.82. The molecule has 1 aromatic carbocycles. The fraction of sp³-hybridized carbons (Fsp3) is 0.636. The van der Waals surface area contributed by atoms with Gasteiger partial charge in [-0.1, -0.05) is 6.07 Å². The van der Waals surface area contributed by atoms with Crippen molar-refractivity contribution in [2.45, 2.75) is 81.9 Å². The van der Waals surface area contributed by atoms with Gasteiger partial charge in [0.2, 0.25) is 0 Å². The average Bonchev–Trinajstić information content (AvgIpc) is 2.74. The fourth-order valence-corrected chi connectivity index (χ4v) is 5.48. The summed E-state index contributed by atoms with van der Waals surface area (Å²) in [4.78, 5) is 28.0. The molecule has 0 aromatic heterocycles. The molecule has 3 amide bonds. The van der Waals surface area contributed by atoms with Crippen LogP contribution in [0.25, 0.3) is 0 Å². The minimum Gasteiger partial charge on any atom is -0.444 e. The molecule has 11 heteroatoms. The Bertz CT molecular complexity index is 996. The van der Waals surface area contributed by atoms with Gasteiger partial charge in [-0.3, -0.25) is 0 Å². The van der Waals surface area contributed by atoms with Gasteiger partial charge in [0, 0.05) is 13.1 Å². The number of carbonyl (C=O) groups excluding carboxylic acids is 2. The first-order valence-electron chi connectivity index (χ1n) is 11.2. The van der Waals surface area contributed by atoms with Gasteiger partial charge in [0.25, 0.3) is 10.0 Å². The molecule has 2 saturated heterocycles. The molecule has 2 fully saturated rings. The number of sulfonamides is 1. The SMILES string of the molecule is CC(C)(C)OC(=O)N1CCCCC1C1CCCCN1C(=O)NS(=O)(=O)c1cccc(F)c1F. The van der Waals surface area contributed by atoms with Crippen molar-refractivity contribution in [3.8, 4) is 0 Å². The van der Waals surface area contributed by atoms with Crippen molar-refractivity contribution in [2.24, 2.45) is 0 Å². The molecule has 2 atom stereocenters. The number of urea groups is 1. The van der Waals surface area contributed by atoms with E-state index in [9.17, 15) is 26.8 Å². The standard InChI is InChI=1S/C22H31F2N3O5S/c1-22(2,3)32-21(29)27-14-7-5-11-17(27)16-10-4-6-13-26(16)20(28)25-33(30,31)18-12-8-9-15(23)19(18)24/h8-9,12,16-17H,4-7,10-11,13-14H2,1-3H3,(H,25,28). The third-order valence-electron chi connectivity index (χ3n) is 5.86. The monoisotopic (exact) mass is 487 g/mol. The van der Waals surface area contributed by atoms with Gasteiger partial charge < -0.3 is 14.5 Å². The van der Waals surface area contributed by atoms with Crippen LogP contribution >= 0.6 is 0 Å². The van der Waals surface area contributed by atoms with E-state index in [0.29, 0.717) is 25.8 Å². The van der Waals surface area contributed by atoms with Gasteiger partial charge in [0.1, 0.15) is 10.5 Å². The first-order valence-corrected chi connectivity index (χ1v) is 12.7. The first-order chi connectivity index (χ1) is 15.4. The Kier molecular flexibility index (Phi) is 7.50. The van der Waals surface area contributed by atoms with Crippen LogP contribution in [0.4, 0.5) is 18.4 Å². The topological polar surface area (TPSA) is 96.0 Å². The van der Waals surface area contributed by atoms with Gasteiger partial charge in [0.05, 0.1) is 12.1 Å². The zero-order valence-electron chi connectivity index (χ0n) is 19.1. The number of nitrogens with one attached hydrogen (secondary N) is 1. The van der Waals surface area contributed by atoms with Gasteiger partial charge in [-0.25, -0.2) is 31.5 Å². The summed E-state index contributed by atoms with van der Waals surface area (Å²) in [5.74, 6) is -2.87. The van der Waals surface area contributed by atoms with Crippen molar-refractivity contribution >= 4 is 22.1 Å². The molecular formula is C22H31F2N3O5S. The van der Waals surface area contributed by atoms with Gasteiger partial charge in [0.15, 0.2) is 11.6 Å². The van der Waals surface area contributed by atoms with E-state index in [4.69, 9.17) is 4.74 Å². The maximum Gasteiger partial charge on any atom is 0.410 e. The summed E-state index contributed by atoms with van der Waals surface area (Å²) in [7, 11) is -4.63. The average molecular weight is 488 g/mol. The van der Waals surface area contributed by atoms with Crippen LogP contribution in [0, 0.1) is 11.6 Å². The van der Waals surface area contributed by atoms with Crippen LogP contribution in [0.5, 0.6) is 0 Å². The Morgan fingerprint density at radius 1 is 1.00 bits per heavy atom. The van der Waals surface area contributed by atoms with E-state index < -0.39 is 50.3 Å². The van der Waals surface area contributed by atoms with Crippen molar-refractivity contribution in [1.29, 1.82) is 0 Å². The lowest BCUT2D eigenvalue weighted by molar-refractivity contribution is -0.00679. The summed E-state index contributed by atoms with van der Waals surface area (Å²) in [5, 5.41) is 0. The molecule has 0 bridgehead atoms. The molecule has 8 nitrogen and oxygen atoms in total. The highest BCUT2D eigenvalue weighted by Crippen LogP contribution is 2.30. The third kappa shape index (κ3) is 5.93. The number of rotatable bonds is 3. The van der Waals surface area contributed by atoms with Gasteiger partial charge in [-0.15, -0.1) is 0 Å². The number of piperidine rings is 2. The highest BCUT2D eigenvalue weighted by atomic mass is 32.2. The molecule has 2 heterocycles. The molecule has 0 saturated carbocycles. The number of benzene rings is 1. The molecule has 0 radical (unpaired) electrons. The van der Waals surface area contributed by atoms with Gasteiger partial charge in [-0.05, 0) is 71.4 Å². The normalized spacial score (nSPS) is 22.1. The summed E-state index contributed by atoms with van der Waals surface area (Å²) >= 11 is 0. The summed E-state index contributed by atoms with van der Waals surface area (Å²) in [6, 6.07) is 1.09. The number of amides is 3. The predicted octanol–water partition coefficient (Wildman–Crippen LogP) is 4.01. The molecule has 3 rings (SSSR count). The summed E-state index contributed by atoms with van der Waals surface area (Å²) in [6.45, 7) is 6.11. The van der Waals surface area contributed by atoms with Gasteiger partial charge >= 0.3 is 12.1 Å². The van der Waals surface area contributed by atoms with Crippen LogP contribution in [0.15, 0.2) is 23.1 Å². The van der Waals surface area contributed by atoms with Crippen molar-refractivity contribution in [1.82, 2.24) is 14.5 Å². The Labute approximate surface area is 193 Å². The summed E-state index contributed by atoms with van der Waals surface area (Å²) < 4.78 is 60.3. The van der Waals surface area contributed by atoms with Crippen LogP contribution in [0.2, 0.25) is 0 Å². The van der Waals surface area contributed by atoms with E-state index >= 15 is 0 Å². The minimum absolute atomic E-state index is 0.288. The Morgan fingerprint density at radius 3 is 2.18 bits per heavy atom. The lowest BCUT2D eigenvalue weighted by Crippen LogP contribution is -2.60. The Hall–Kier alpha value is -2.43. The van der Waals surface area contributed by atoms with Crippen LogP contribution in [0.3, 0.4) is 0 Å². The third-order valence-corrected chi connectivity index (χ3v) is 7.20. The summed E-state index contributed by atoms with van der Waals surface area (Å²) in [6.07, 6.45) is 3.93. The van der Waals surface area contributed by atoms with Crippen LogP contribution in [-0.4, -0.2) is 61.1 Å². The van der Waals surface area contributed by atoms with E-state index in [-0.39, 0.29) is 12.6 Å². The molecule has 184 valence electrons. The molecule has 0 spiro atoms. The smallest absolute Gasteiger partial charge is 0.410 e. The maximum absolute atomic E-state index is 14.1. The lowest BCUT2D eigenvalue weighted by atomic mass is 9.89. The van der Waals surface area contributed by atoms with Gasteiger partial charge in [-0.2, -0.15) is 0 Å². The molecular weight excluding hydrogens is 456 g/mol. The number of ether oxygens (including phenoxy) is 1. The number of hydrogen-bond acceptors (Lipinski definition) is 5. The quantitative estimate of drug-likeness (QED) is 0.695. The zero-order valence-corrected chi connectivity index (χ0v) is 20.0. The molecule has 2 aliphatic rings. The van der Waals surface area contributed by atoms with E-state index in [1.165, 1.54) is 4.90 Å². The number of carbonyl (C=O) groups is 2. The van der Waals surface area contributed by atoms with Crippen molar-refractivity contribution in [3.63, 3.8) is 0 Å². The van der Waals surface area contributed by atoms with Crippen LogP contribution < -0.4 is 4.72 Å². The van der Waals surface area contributed by atoms with Crippen molar-refractivity contribution in [2.75, 3.05) is 13.1 Å². The maximum atomic E-state index is 14.1. The van der Waals surface area contributed by atoms with Crippen molar-refractivity contribution < 1.29 is 31.5 Å². The second-order valence-corrected chi connectivity index (χ2v) is 11.1. The molecule has 2 aliphatic heterocycles. The lowest BCUT2D eigenvalue weighted by Gasteiger charge is -2.46. The van der Waals surface area contributed by atoms with E-state index in [2.05, 4.69) is 0 Å². The van der Waals surface area contributed by atoms with E-state index in [1.54, 1.807) is 25.7 Å². The number of nitrogens with zero attached hydrogens (tertiary/aromatic N) is 2. The van der Waals surface area contributed by atoms with E-state index in [0.717, 1.165) is 37.5 Å². The second-order valence-electron chi connectivity index (χ2n) is 9.46. The molecule has 1 aromatic rings. The van der Waals surface area contributed by atoms with E-state index in [1.807, 2.05) is 4.72 Å².